The first-order valence-electron chi connectivity index (χ1n) is 8.27. The summed E-state index contributed by atoms with van der Waals surface area (Å²) in [6.45, 7) is 0. The third kappa shape index (κ3) is 2.42. The van der Waals surface area contributed by atoms with Gasteiger partial charge in [-0.15, -0.1) is 0 Å². The molecule has 1 saturated carbocycles. The summed E-state index contributed by atoms with van der Waals surface area (Å²) < 4.78 is 0. The molecule has 2 aromatic rings. The predicted molar refractivity (Wildman–Crippen MR) is 95.6 cm³/mol. The Morgan fingerprint density at radius 2 is 1.75 bits per heavy atom. The molecule has 0 bridgehead atoms. The largest absolute Gasteiger partial charge is 0.369 e. The molecule has 7 nitrogen and oxygen atoms in total. The fourth-order valence-electron chi connectivity index (χ4n) is 3.70. The number of benzene rings is 1. The average Bonchev–Trinajstić information content (AvgIpc) is 3.10. The van der Waals surface area contributed by atoms with Gasteiger partial charge in [-0.2, -0.15) is 10.1 Å². The van der Waals surface area contributed by atoms with Gasteiger partial charge in [0.1, 0.15) is 5.66 Å². The van der Waals surface area contributed by atoms with Crippen molar-refractivity contribution in [2.45, 2.75) is 37.8 Å². The minimum absolute atomic E-state index is 0.278. The van der Waals surface area contributed by atoms with Gasteiger partial charge in [0.15, 0.2) is 0 Å². The molecular formula is C17H21N7. The van der Waals surface area contributed by atoms with E-state index in [0.717, 1.165) is 42.6 Å². The van der Waals surface area contributed by atoms with E-state index in [1.54, 1.807) is 6.20 Å². The van der Waals surface area contributed by atoms with E-state index >= 15 is 0 Å². The Morgan fingerprint density at radius 1 is 1.00 bits per heavy atom. The Hall–Kier alpha value is -2.83. The topological polar surface area (TPSA) is 109 Å². The smallest absolute Gasteiger partial charge is 0.220 e. The molecule has 0 radical (unpaired) electrons. The van der Waals surface area contributed by atoms with Crippen LogP contribution in [-0.2, 0) is 0 Å². The summed E-state index contributed by atoms with van der Waals surface area (Å²) in [7, 11) is 0. The molecule has 4 rings (SSSR count). The predicted octanol–water partition coefficient (Wildman–Crippen LogP) is 2.19. The van der Waals surface area contributed by atoms with Crippen LogP contribution in [0.5, 0.6) is 0 Å². The number of guanidine groups is 2. The van der Waals surface area contributed by atoms with E-state index in [1.807, 2.05) is 35.2 Å². The summed E-state index contributed by atoms with van der Waals surface area (Å²) in [5.74, 6) is 0.693. The Bertz CT molecular complexity index is 768. The maximum absolute atomic E-state index is 6.24. The minimum Gasteiger partial charge on any atom is -0.369 e. The lowest BCUT2D eigenvalue weighted by molar-refractivity contribution is 0.305. The molecule has 7 heteroatoms. The van der Waals surface area contributed by atoms with Gasteiger partial charge < -0.3 is 11.5 Å². The number of hydrogen-bond donors (Lipinski definition) is 3. The monoisotopic (exact) mass is 323 g/mol. The van der Waals surface area contributed by atoms with Crippen LogP contribution in [0.4, 0.5) is 5.69 Å². The normalized spacial score (nSPS) is 19.9. The van der Waals surface area contributed by atoms with E-state index in [9.17, 15) is 0 Å². The number of aliphatic imine (C=N–C) groups is 2. The van der Waals surface area contributed by atoms with Crippen molar-refractivity contribution in [2.75, 3.05) is 4.90 Å². The van der Waals surface area contributed by atoms with Crippen LogP contribution in [0, 0.1) is 0 Å². The number of aromatic amines is 1. The number of aromatic nitrogens is 2. The highest BCUT2D eigenvalue weighted by Gasteiger charge is 2.42. The van der Waals surface area contributed by atoms with Crippen LogP contribution in [0.2, 0.25) is 0 Å². The van der Waals surface area contributed by atoms with Crippen molar-refractivity contribution < 1.29 is 0 Å². The van der Waals surface area contributed by atoms with Crippen LogP contribution in [-0.4, -0.2) is 27.8 Å². The van der Waals surface area contributed by atoms with Crippen molar-refractivity contribution in [1.29, 1.82) is 0 Å². The van der Waals surface area contributed by atoms with Gasteiger partial charge in [-0.1, -0.05) is 18.6 Å². The molecule has 0 saturated heterocycles. The number of anilines is 1. The molecule has 1 spiro atoms. The number of nitrogens with zero attached hydrogens (tertiary/aromatic N) is 4. The van der Waals surface area contributed by atoms with Gasteiger partial charge in [-0.3, -0.25) is 10.00 Å². The molecule has 1 aliphatic heterocycles. The summed E-state index contributed by atoms with van der Waals surface area (Å²) in [6.07, 6.45) is 7.08. The van der Waals surface area contributed by atoms with Gasteiger partial charge in [-0.25, -0.2) is 4.99 Å². The highest BCUT2D eigenvalue weighted by molar-refractivity contribution is 6.05. The highest BCUT2D eigenvalue weighted by Crippen LogP contribution is 2.39. The fraction of sp³-hybridized carbons (Fsp3) is 0.353. The lowest BCUT2D eigenvalue weighted by Crippen LogP contribution is -2.58. The Labute approximate surface area is 140 Å². The second kappa shape index (κ2) is 5.67. The van der Waals surface area contributed by atoms with E-state index < -0.39 is 5.66 Å². The van der Waals surface area contributed by atoms with Crippen molar-refractivity contribution in [3.8, 4) is 11.3 Å². The van der Waals surface area contributed by atoms with Crippen molar-refractivity contribution >= 4 is 17.6 Å². The third-order valence-electron chi connectivity index (χ3n) is 4.79. The summed E-state index contributed by atoms with van der Waals surface area (Å²) in [4.78, 5) is 10.9. The minimum atomic E-state index is -0.399. The van der Waals surface area contributed by atoms with Crippen molar-refractivity contribution in [3.05, 3.63) is 36.5 Å². The summed E-state index contributed by atoms with van der Waals surface area (Å²) in [5, 5.41) is 6.97. The van der Waals surface area contributed by atoms with E-state index in [-0.39, 0.29) is 5.96 Å². The fourth-order valence-corrected chi connectivity index (χ4v) is 3.70. The van der Waals surface area contributed by atoms with Gasteiger partial charge in [0, 0.05) is 11.9 Å². The SMILES string of the molecule is NC1=NC2(CCCCC2)N(c2ccc(-c3ccn[nH]3)cc2)C(N)=N1. The number of hydrogen-bond acceptors (Lipinski definition) is 6. The molecule has 1 aromatic heterocycles. The Balaban J connectivity index is 1.71. The molecule has 5 N–H and O–H groups in total. The van der Waals surface area contributed by atoms with Crippen molar-refractivity contribution in [1.82, 2.24) is 10.2 Å². The molecule has 1 fully saturated rings. The Morgan fingerprint density at radius 3 is 2.42 bits per heavy atom. The first kappa shape index (κ1) is 14.7. The summed E-state index contributed by atoms with van der Waals surface area (Å²) >= 11 is 0. The molecule has 0 unspecified atom stereocenters. The molecule has 24 heavy (non-hydrogen) atoms. The molecule has 0 atom stereocenters. The zero-order chi connectivity index (χ0) is 16.6. The van der Waals surface area contributed by atoms with Crippen LogP contribution in [0.1, 0.15) is 32.1 Å². The van der Waals surface area contributed by atoms with Crippen molar-refractivity contribution in [3.63, 3.8) is 0 Å². The maximum atomic E-state index is 6.24. The van der Waals surface area contributed by atoms with Crippen LogP contribution in [0.25, 0.3) is 11.3 Å². The second-order valence-electron chi connectivity index (χ2n) is 6.34. The van der Waals surface area contributed by atoms with E-state index in [2.05, 4.69) is 15.2 Å². The number of nitrogens with one attached hydrogen (secondary N) is 1. The van der Waals surface area contributed by atoms with Crippen LogP contribution in [0.3, 0.4) is 0 Å². The highest BCUT2D eigenvalue weighted by atomic mass is 15.4. The lowest BCUT2D eigenvalue weighted by atomic mass is 9.87. The average molecular weight is 323 g/mol. The molecule has 1 aliphatic carbocycles. The molecule has 0 amide bonds. The number of nitrogens with two attached hydrogens (primary N) is 2. The van der Waals surface area contributed by atoms with Crippen LogP contribution >= 0.6 is 0 Å². The third-order valence-corrected chi connectivity index (χ3v) is 4.79. The number of rotatable bonds is 2. The Kier molecular flexibility index (Phi) is 3.48. The van der Waals surface area contributed by atoms with Gasteiger partial charge in [0.05, 0.1) is 5.69 Å². The first-order valence-corrected chi connectivity index (χ1v) is 8.27. The van der Waals surface area contributed by atoms with E-state index in [1.165, 1.54) is 6.42 Å². The number of H-pyrrole nitrogens is 1. The quantitative estimate of drug-likeness (QED) is 0.787. The molecule has 2 heterocycles. The standard InChI is InChI=1S/C17H21N7/c18-15-21-16(19)24(17(22-15)9-2-1-3-10-17)13-6-4-12(5-7-13)14-8-11-20-23-14/h4-8,11H,1-3,9-10H2,(H,20,23)(H4,18,19,21,22). The molecular weight excluding hydrogens is 302 g/mol. The molecule has 1 aromatic carbocycles. The lowest BCUT2D eigenvalue weighted by Gasteiger charge is -2.45. The van der Waals surface area contributed by atoms with Gasteiger partial charge in [0.25, 0.3) is 0 Å². The summed E-state index contributed by atoms with van der Waals surface area (Å²) in [5.41, 5.74) is 14.8. The van der Waals surface area contributed by atoms with Gasteiger partial charge >= 0.3 is 0 Å². The van der Waals surface area contributed by atoms with Crippen LogP contribution in [0.15, 0.2) is 46.5 Å². The molecule has 2 aliphatic rings. The zero-order valence-corrected chi connectivity index (χ0v) is 13.4. The van der Waals surface area contributed by atoms with Gasteiger partial charge in [-0.05, 0) is 49.4 Å². The summed E-state index contributed by atoms with van der Waals surface area (Å²) in [6, 6.07) is 10.1. The zero-order valence-electron chi connectivity index (χ0n) is 13.4. The van der Waals surface area contributed by atoms with Crippen LogP contribution < -0.4 is 16.4 Å². The van der Waals surface area contributed by atoms with Gasteiger partial charge in [0.2, 0.25) is 11.9 Å². The van der Waals surface area contributed by atoms with E-state index in [4.69, 9.17) is 16.5 Å². The second-order valence-corrected chi connectivity index (χ2v) is 6.34. The molecule has 124 valence electrons. The van der Waals surface area contributed by atoms with Crippen molar-refractivity contribution in [2.24, 2.45) is 21.5 Å². The van der Waals surface area contributed by atoms with E-state index in [0.29, 0.717) is 5.96 Å². The first-order chi connectivity index (χ1) is 11.7. The maximum Gasteiger partial charge on any atom is 0.220 e.